The largest absolute Gasteiger partial charge is 0.504 e. The van der Waals surface area contributed by atoms with Crippen molar-refractivity contribution >= 4 is 0 Å². The lowest BCUT2D eigenvalue weighted by Crippen LogP contribution is -2.21. The predicted octanol–water partition coefficient (Wildman–Crippen LogP) is 2.29. The van der Waals surface area contributed by atoms with E-state index in [1.54, 1.807) is 13.2 Å². The van der Waals surface area contributed by atoms with Gasteiger partial charge in [-0.05, 0) is 30.9 Å². The number of phenols is 1. The molecule has 0 saturated heterocycles. The zero-order valence-electron chi connectivity index (χ0n) is 12.1. The second-order valence-electron chi connectivity index (χ2n) is 5.57. The molecule has 0 aliphatic rings. The van der Waals surface area contributed by atoms with Gasteiger partial charge in [0.15, 0.2) is 11.5 Å². The summed E-state index contributed by atoms with van der Waals surface area (Å²) in [6, 6.07) is 5.48. The number of benzene rings is 1. The lowest BCUT2D eigenvalue weighted by atomic mass is 9.89. The van der Waals surface area contributed by atoms with E-state index in [-0.39, 0.29) is 17.8 Å². The molecule has 0 saturated carbocycles. The molecule has 0 atom stereocenters. The Kier molecular flexibility index (Phi) is 6.12. The quantitative estimate of drug-likeness (QED) is 0.632. The van der Waals surface area contributed by atoms with Gasteiger partial charge in [0, 0.05) is 18.7 Å². The molecule has 0 aliphatic heterocycles. The third-order valence-corrected chi connectivity index (χ3v) is 3.25. The first-order chi connectivity index (χ1) is 9.00. The van der Waals surface area contributed by atoms with Gasteiger partial charge in [-0.3, -0.25) is 0 Å². The van der Waals surface area contributed by atoms with E-state index in [1.807, 2.05) is 12.1 Å². The molecule has 108 valence electrons. The van der Waals surface area contributed by atoms with Crippen LogP contribution in [-0.2, 0) is 6.54 Å². The highest BCUT2D eigenvalue weighted by atomic mass is 16.5. The molecule has 0 aromatic heterocycles. The van der Waals surface area contributed by atoms with E-state index >= 15 is 0 Å². The summed E-state index contributed by atoms with van der Waals surface area (Å²) in [6.45, 7) is 5.80. The van der Waals surface area contributed by atoms with E-state index in [2.05, 4.69) is 19.2 Å². The summed E-state index contributed by atoms with van der Waals surface area (Å²) in [5.74, 6) is 0.703. The Morgan fingerprint density at radius 1 is 1.32 bits per heavy atom. The molecule has 0 bridgehead atoms. The van der Waals surface area contributed by atoms with Gasteiger partial charge in [0.1, 0.15) is 0 Å². The number of hydrogen-bond acceptors (Lipinski definition) is 4. The summed E-state index contributed by atoms with van der Waals surface area (Å²) in [5, 5.41) is 22.4. The van der Waals surface area contributed by atoms with Gasteiger partial charge in [-0.1, -0.05) is 26.0 Å². The molecule has 0 spiro atoms. The first-order valence-corrected chi connectivity index (χ1v) is 6.66. The van der Waals surface area contributed by atoms with Crippen LogP contribution in [0, 0.1) is 5.41 Å². The zero-order valence-corrected chi connectivity index (χ0v) is 12.1. The van der Waals surface area contributed by atoms with Gasteiger partial charge in [0.05, 0.1) is 7.11 Å². The van der Waals surface area contributed by atoms with Gasteiger partial charge in [0.2, 0.25) is 0 Å². The fraction of sp³-hybridized carbons (Fsp3) is 0.600. The molecule has 0 heterocycles. The van der Waals surface area contributed by atoms with Crippen LogP contribution in [0.5, 0.6) is 11.5 Å². The third-order valence-electron chi connectivity index (χ3n) is 3.25. The van der Waals surface area contributed by atoms with Gasteiger partial charge >= 0.3 is 0 Å². The van der Waals surface area contributed by atoms with Crippen LogP contribution in [0.4, 0.5) is 0 Å². The maximum atomic E-state index is 9.91. The maximum absolute atomic E-state index is 9.91. The minimum Gasteiger partial charge on any atom is -0.504 e. The maximum Gasteiger partial charge on any atom is 0.162 e. The number of nitrogens with one attached hydrogen (secondary N) is 1. The average Bonchev–Trinajstić information content (AvgIpc) is 2.40. The van der Waals surface area contributed by atoms with Crippen molar-refractivity contribution in [1.82, 2.24) is 5.32 Å². The molecule has 0 unspecified atom stereocenters. The number of methoxy groups -OCH3 is 1. The lowest BCUT2D eigenvalue weighted by Gasteiger charge is -2.21. The summed E-state index contributed by atoms with van der Waals surface area (Å²) in [4.78, 5) is 0. The average molecular weight is 267 g/mol. The number of hydrogen-bond donors (Lipinski definition) is 3. The molecule has 0 amide bonds. The molecule has 0 fully saturated rings. The van der Waals surface area contributed by atoms with E-state index in [0.717, 1.165) is 24.9 Å². The van der Waals surface area contributed by atoms with E-state index < -0.39 is 0 Å². The molecule has 1 aromatic rings. The van der Waals surface area contributed by atoms with Crippen LogP contribution < -0.4 is 10.1 Å². The van der Waals surface area contributed by atoms with Crippen LogP contribution >= 0.6 is 0 Å². The van der Waals surface area contributed by atoms with Crippen LogP contribution in [-0.4, -0.2) is 30.5 Å². The molecule has 19 heavy (non-hydrogen) atoms. The summed E-state index contributed by atoms with van der Waals surface area (Å²) in [7, 11) is 1.54. The Hall–Kier alpha value is -1.26. The van der Waals surface area contributed by atoms with E-state index in [0.29, 0.717) is 12.3 Å². The van der Waals surface area contributed by atoms with Crippen molar-refractivity contribution in [3.05, 3.63) is 23.8 Å². The second kappa shape index (κ2) is 7.36. The smallest absolute Gasteiger partial charge is 0.162 e. The van der Waals surface area contributed by atoms with Gasteiger partial charge in [-0.2, -0.15) is 0 Å². The van der Waals surface area contributed by atoms with Crippen LogP contribution in [0.1, 0.15) is 32.3 Å². The Morgan fingerprint density at radius 2 is 2.05 bits per heavy atom. The highest BCUT2D eigenvalue weighted by molar-refractivity contribution is 5.45. The lowest BCUT2D eigenvalue weighted by molar-refractivity contribution is 0.148. The summed E-state index contributed by atoms with van der Waals surface area (Å²) in [5.41, 5.74) is 0.820. The SMILES string of the molecule is COc1cccc(CNCCCC(C)(C)CO)c1O. The molecule has 4 nitrogen and oxygen atoms in total. The Labute approximate surface area is 115 Å². The number of ether oxygens (including phenoxy) is 1. The van der Waals surface area contributed by atoms with Crippen LogP contribution in [0.15, 0.2) is 18.2 Å². The normalized spacial score (nSPS) is 11.6. The van der Waals surface area contributed by atoms with Crippen molar-refractivity contribution in [1.29, 1.82) is 0 Å². The van der Waals surface area contributed by atoms with Crippen molar-refractivity contribution in [3.63, 3.8) is 0 Å². The number of para-hydroxylation sites is 1. The molecule has 4 heteroatoms. The fourth-order valence-electron chi connectivity index (χ4n) is 1.87. The van der Waals surface area contributed by atoms with Crippen molar-refractivity contribution in [2.75, 3.05) is 20.3 Å². The highest BCUT2D eigenvalue weighted by Crippen LogP contribution is 2.29. The first-order valence-electron chi connectivity index (χ1n) is 6.66. The molecular weight excluding hydrogens is 242 g/mol. The van der Waals surface area contributed by atoms with Crippen LogP contribution in [0.25, 0.3) is 0 Å². The summed E-state index contributed by atoms with van der Waals surface area (Å²) >= 11 is 0. The highest BCUT2D eigenvalue weighted by Gasteiger charge is 2.15. The van der Waals surface area contributed by atoms with E-state index in [1.165, 1.54) is 0 Å². The number of aliphatic hydroxyl groups excluding tert-OH is 1. The number of aromatic hydroxyl groups is 1. The predicted molar refractivity (Wildman–Crippen MR) is 76.5 cm³/mol. The summed E-state index contributed by atoms with van der Waals surface area (Å²) in [6.07, 6.45) is 1.97. The van der Waals surface area contributed by atoms with E-state index in [9.17, 15) is 5.11 Å². The molecule has 0 aliphatic carbocycles. The van der Waals surface area contributed by atoms with Crippen molar-refractivity contribution in [2.45, 2.75) is 33.2 Å². The van der Waals surface area contributed by atoms with Crippen molar-refractivity contribution < 1.29 is 14.9 Å². The van der Waals surface area contributed by atoms with Crippen molar-refractivity contribution in [3.8, 4) is 11.5 Å². The van der Waals surface area contributed by atoms with Gasteiger partial charge < -0.3 is 20.3 Å². The fourth-order valence-corrected chi connectivity index (χ4v) is 1.87. The Morgan fingerprint density at radius 3 is 2.68 bits per heavy atom. The molecule has 1 aromatic carbocycles. The zero-order chi connectivity index (χ0) is 14.3. The third kappa shape index (κ3) is 5.09. The Bertz CT molecular complexity index is 391. The minimum atomic E-state index is -0.0141. The van der Waals surface area contributed by atoms with Crippen molar-refractivity contribution in [2.24, 2.45) is 5.41 Å². The molecule has 0 radical (unpaired) electrons. The minimum absolute atomic E-state index is 0.0141. The molecule has 3 N–H and O–H groups in total. The first kappa shape index (κ1) is 15.8. The van der Waals surface area contributed by atoms with Gasteiger partial charge in [0.25, 0.3) is 0 Å². The monoisotopic (exact) mass is 267 g/mol. The van der Waals surface area contributed by atoms with Gasteiger partial charge in [-0.15, -0.1) is 0 Å². The second-order valence-corrected chi connectivity index (χ2v) is 5.57. The Balaban J connectivity index is 2.34. The standard InChI is InChI=1S/C15H25NO3/c1-15(2,11-17)8-5-9-16-10-12-6-4-7-13(19-3)14(12)18/h4,6-7,16-18H,5,8-11H2,1-3H3. The van der Waals surface area contributed by atoms with Gasteiger partial charge in [-0.25, -0.2) is 0 Å². The molecule has 1 rings (SSSR count). The van der Waals surface area contributed by atoms with Crippen LogP contribution in [0.3, 0.4) is 0 Å². The topological polar surface area (TPSA) is 61.7 Å². The molecular formula is C15H25NO3. The van der Waals surface area contributed by atoms with Crippen LogP contribution in [0.2, 0.25) is 0 Å². The van der Waals surface area contributed by atoms with E-state index in [4.69, 9.17) is 9.84 Å². The summed E-state index contributed by atoms with van der Waals surface area (Å²) < 4.78 is 5.07. The number of phenolic OH excluding ortho intramolecular Hbond substituents is 1. The number of rotatable bonds is 8. The number of aliphatic hydroxyl groups is 1.